The zero-order chi connectivity index (χ0) is 21.5. The van der Waals surface area contributed by atoms with Crippen molar-refractivity contribution >= 4 is 11.0 Å². The number of hydrogen-bond acceptors (Lipinski definition) is 3. The van der Waals surface area contributed by atoms with Gasteiger partial charge in [0.05, 0.1) is 5.92 Å². The lowest BCUT2D eigenvalue weighted by molar-refractivity contribution is -0.141. The molecule has 4 rings (SSSR count). The Labute approximate surface area is 167 Å². The minimum atomic E-state index is -4.61. The minimum Gasteiger partial charge on any atom is -0.237 e. The van der Waals surface area contributed by atoms with Gasteiger partial charge in [-0.2, -0.15) is 18.4 Å². The van der Waals surface area contributed by atoms with Crippen molar-refractivity contribution in [2.75, 3.05) is 0 Å². The maximum atomic E-state index is 15.0. The third-order valence-electron chi connectivity index (χ3n) is 4.89. The van der Waals surface area contributed by atoms with Crippen molar-refractivity contribution in [2.45, 2.75) is 17.8 Å². The molecule has 0 N–H and O–H groups in total. The first-order valence-corrected chi connectivity index (χ1v) is 8.81. The molecule has 0 amide bonds. The second-order valence-corrected chi connectivity index (χ2v) is 6.77. The van der Waals surface area contributed by atoms with E-state index >= 15 is 0 Å². The van der Waals surface area contributed by atoms with Crippen molar-refractivity contribution < 1.29 is 22.0 Å². The smallest absolute Gasteiger partial charge is 0.237 e. The number of allylic oxidation sites excluding steroid dienone is 4. The number of rotatable bonds is 2. The van der Waals surface area contributed by atoms with Gasteiger partial charge in [-0.3, -0.25) is 0 Å². The van der Waals surface area contributed by atoms with Crippen LogP contribution in [-0.2, 0) is 6.18 Å². The molecule has 0 saturated carbocycles. The molecule has 1 aliphatic carbocycles. The summed E-state index contributed by atoms with van der Waals surface area (Å²) in [5, 5.41) is 9.60. The zero-order valence-corrected chi connectivity index (χ0v) is 15.2. The van der Waals surface area contributed by atoms with E-state index in [0.29, 0.717) is 16.5 Å². The van der Waals surface area contributed by atoms with Crippen LogP contribution < -0.4 is 0 Å². The molecule has 0 bridgehead atoms. The molecule has 0 spiro atoms. The van der Waals surface area contributed by atoms with E-state index in [1.165, 1.54) is 30.5 Å². The molecule has 3 aromatic rings. The van der Waals surface area contributed by atoms with Crippen molar-refractivity contribution in [1.82, 2.24) is 9.97 Å². The molecule has 2 atom stereocenters. The number of benzene rings is 1. The molecule has 1 aliphatic rings. The molecule has 2 aromatic heterocycles. The molecule has 0 radical (unpaired) electrons. The second kappa shape index (κ2) is 7.02. The van der Waals surface area contributed by atoms with Crippen molar-refractivity contribution in [3.63, 3.8) is 0 Å². The van der Waals surface area contributed by atoms with E-state index < -0.39 is 29.3 Å². The summed E-state index contributed by atoms with van der Waals surface area (Å²) in [5.41, 5.74) is -2.49. The first kappa shape index (κ1) is 19.7. The number of hydrogen-bond donors (Lipinski definition) is 0. The summed E-state index contributed by atoms with van der Waals surface area (Å²) in [4.78, 5) is 7.49. The molecule has 8 heteroatoms. The highest BCUT2D eigenvalue weighted by Crippen LogP contribution is 2.43. The van der Waals surface area contributed by atoms with Crippen LogP contribution in [0, 0.1) is 11.3 Å². The Morgan fingerprint density at radius 1 is 1.10 bits per heavy atom. The van der Waals surface area contributed by atoms with Gasteiger partial charge in [-0.15, -0.1) is 0 Å². The molecule has 0 fully saturated rings. The van der Waals surface area contributed by atoms with Gasteiger partial charge in [0.1, 0.15) is 17.6 Å². The molecule has 30 heavy (non-hydrogen) atoms. The van der Waals surface area contributed by atoms with Crippen molar-refractivity contribution in [1.29, 1.82) is 5.26 Å². The fourth-order valence-electron chi connectivity index (χ4n) is 3.50. The van der Waals surface area contributed by atoms with Crippen LogP contribution in [0.5, 0.6) is 0 Å². The summed E-state index contributed by atoms with van der Waals surface area (Å²) in [6.07, 6.45) is -0.0457. The van der Waals surface area contributed by atoms with Gasteiger partial charge in [-0.05, 0) is 47.0 Å². The molecular weight excluding hydrogens is 401 g/mol. The zero-order valence-electron chi connectivity index (χ0n) is 15.2. The average molecular weight is 413 g/mol. The van der Waals surface area contributed by atoms with E-state index in [2.05, 4.69) is 9.97 Å². The number of alkyl halides is 4. The number of halogens is 5. The molecule has 2 unspecified atom stereocenters. The van der Waals surface area contributed by atoms with E-state index in [1.807, 2.05) is 0 Å². The Bertz CT molecular complexity index is 1240. The largest absolute Gasteiger partial charge is 0.433 e. The third kappa shape index (κ3) is 3.32. The average Bonchev–Trinajstić information content (AvgIpc) is 2.72. The third-order valence-corrected chi connectivity index (χ3v) is 4.89. The van der Waals surface area contributed by atoms with Crippen LogP contribution in [0.15, 0.2) is 72.7 Å². The van der Waals surface area contributed by atoms with Crippen molar-refractivity contribution in [3.8, 4) is 17.2 Å². The lowest BCUT2D eigenvalue weighted by Crippen LogP contribution is -2.29. The molecule has 3 nitrogen and oxygen atoms in total. The molecular formula is C22H12F5N3. The summed E-state index contributed by atoms with van der Waals surface area (Å²) in [6.45, 7) is 0. The number of fused-ring (bicyclic) bond motifs is 1. The van der Waals surface area contributed by atoms with Gasteiger partial charge in [-0.1, -0.05) is 30.3 Å². The molecule has 1 aromatic carbocycles. The highest BCUT2D eigenvalue weighted by Gasteiger charge is 2.43. The first-order chi connectivity index (χ1) is 14.2. The number of nitrogens with zero attached hydrogens (tertiary/aromatic N) is 3. The SMILES string of the molecule is N#CC1(F)C=CC=C(F)C1c1cccc(-c2ccnc3nc(C(F)(F)F)ccc23)c1. The number of aromatic nitrogens is 2. The highest BCUT2D eigenvalue weighted by molar-refractivity contribution is 5.92. The van der Waals surface area contributed by atoms with E-state index in [-0.39, 0.29) is 11.2 Å². The summed E-state index contributed by atoms with van der Waals surface area (Å²) in [6, 6.07) is 11.4. The van der Waals surface area contributed by atoms with Crippen LogP contribution in [0.1, 0.15) is 17.2 Å². The van der Waals surface area contributed by atoms with Crippen LogP contribution >= 0.6 is 0 Å². The Morgan fingerprint density at radius 3 is 2.63 bits per heavy atom. The summed E-state index contributed by atoms with van der Waals surface area (Å²) in [7, 11) is 0. The van der Waals surface area contributed by atoms with Crippen LogP contribution in [-0.4, -0.2) is 15.6 Å². The van der Waals surface area contributed by atoms with Gasteiger partial charge in [0.2, 0.25) is 5.67 Å². The van der Waals surface area contributed by atoms with Gasteiger partial charge in [0.15, 0.2) is 5.65 Å². The van der Waals surface area contributed by atoms with Crippen molar-refractivity contribution in [3.05, 3.63) is 84.0 Å². The van der Waals surface area contributed by atoms with Gasteiger partial charge in [-0.25, -0.2) is 18.7 Å². The van der Waals surface area contributed by atoms with Crippen molar-refractivity contribution in [2.24, 2.45) is 0 Å². The topological polar surface area (TPSA) is 49.6 Å². The molecule has 0 saturated heterocycles. The Kier molecular flexibility index (Phi) is 4.61. The predicted octanol–water partition coefficient (Wildman–Crippen LogP) is 6.05. The molecule has 2 heterocycles. The second-order valence-electron chi connectivity index (χ2n) is 6.77. The Balaban J connectivity index is 1.84. The van der Waals surface area contributed by atoms with Crippen LogP contribution in [0.2, 0.25) is 0 Å². The van der Waals surface area contributed by atoms with E-state index in [1.54, 1.807) is 18.2 Å². The number of pyridine rings is 2. The van der Waals surface area contributed by atoms with Crippen LogP contribution in [0.25, 0.3) is 22.2 Å². The van der Waals surface area contributed by atoms with Crippen LogP contribution in [0.3, 0.4) is 0 Å². The maximum Gasteiger partial charge on any atom is 0.433 e. The monoisotopic (exact) mass is 413 g/mol. The Hall–Kier alpha value is -3.60. The maximum absolute atomic E-state index is 15.0. The lowest BCUT2D eigenvalue weighted by atomic mass is 9.80. The summed E-state index contributed by atoms with van der Waals surface area (Å²) >= 11 is 0. The minimum absolute atomic E-state index is 0.101. The van der Waals surface area contributed by atoms with Gasteiger partial charge in [0.25, 0.3) is 0 Å². The lowest BCUT2D eigenvalue weighted by Gasteiger charge is -2.27. The Morgan fingerprint density at radius 2 is 1.90 bits per heavy atom. The fourth-order valence-corrected chi connectivity index (χ4v) is 3.50. The number of nitriles is 1. The van der Waals surface area contributed by atoms with E-state index in [0.717, 1.165) is 24.3 Å². The summed E-state index contributed by atoms with van der Waals surface area (Å²) < 4.78 is 68.3. The van der Waals surface area contributed by atoms with Gasteiger partial charge in [0, 0.05) is 11.6 Å². The van der Waals surface area contributed by atoms with Gasteiger partial charge >= 0.3 is 6.18 Å². The normalized spacial score (nSPS) is 21.3. The van der Waals surface area contributed by atoms with E-state index in [4.69, 9.17) is 0 Å². The predicted molar refractivity (Wildman–Crippen MR) is 101 cm³/mol. The standard InChI is InChI=1S/C22H12F5N3/c23-17-5-2-9-21(24,12-28)19(17)14-4-1-3-13(11-14)15-8-10-29-20-16(15)6-7-18(30-20)22(25,26)27/h1-11,19H. The summed E-state index contributed by atoms with van der Waals surface area (Å²) in [5.74, 6) is -2.25. The molecule has 150 valence electrons. The quantitative estimate of drug-likeness (QED) is 0.480. The van der Waals surface area contributed by atoms with E-state index in [9.17, 15) is 27.2 Å². The van der Waals surface area contributed by atoms with Gasteiger partial charge < -0.3 is 0 Å². The van der Waals surface area contributed by atoms with Crippen LogP contribution in [0.4, 0.5) is 22.0 Å². The highest BCUT2D eigenvalue weighted by atomic mass is 19.4. The fraction of sp³-hybridized carbons (Fsp3) is 0.136. The first-order valence-electron chi connectivity index (χ1n) is 8.81. The molecule has 0 aliphatic heterocycles.